The lowest BCUT2D eigenvalue weighted by Gasteiger charge is -1.96. The third kappa shape index (κ3) is 4.13. The van der Waals surface area contributed by atoms with Gasteiger partial charge in [-0.3, -0.25) is 0 Å². The van der Waals surface area contributed by atoms with Crippen LogP contribution in [0, 0.1) is 5.82 Å². The maximum Gasteiger partial charge on any atom is 0.358 e. The van der Waals surface area contributed by atoms with E-state index < -0.39 is 5.97 Å². The quantitative estimate of drug-likeness (QED) is 0.371. The fourth-order valence-corrected chi connectivity index (χ4v) is 2.08. The van der Waals surface area contributed by atoms with E-state index in [1.165, 1.54) is 35.6 Å². The van der Waals surface area contributed by atoms with Crippen LogP contribution in [0.4, 0.5) is 4.39 Å². The summed E-state index contributed by atoms with van der Waals surface area (Å²) in [6, 6.07) is 9.58. The Kier molecular flexibility index (Phi) is 4.79. The first-order valence-corrected chi connectivity index (χ1v) is 6.76. The van der Waals surface area contributed by atoms with E-state index in [0.717, 1.165) is 4.88 Å². The third-order valence-electron chi connectivity index (χ3n) is 2.43. The van der Waals surface area contributed by atoms with E-state index in [0.29, 0.717) is 11.3 Å². The van der Waals surface area contributed by atoms with Gasteiger partial charge in [0.1, 0.15) is 5.82 Å². The highest BCUT2D eigenvalue weighted by Gasteiger charge is 2.01. The van der Waals surface area contributed by atoms with E-state index in [2.05, 4.69) is 5.16 Å². The average Bonchev–Trinajstić information content (AvgIpc) is 2.98. The molecule has 3 nitrogen and oxygen atoms in total. The van der Waals surface area contributed by atoms with Crippen LogP contribution in [0.1, 0.15) is 17.4 Å². The average molecular weight is 289 g/mol. The summed E-state index contributed by atoms with van der Waals surface area (Å²) in [5.74, 6) is -0.897. The van der Waals surface area contributed by atoms with Crippen LogP contribution in [0.15, 0.2) is 53.0 Å². The Hall–Kier alpha value is -2.27. The molecule has 2 aromatic rings. The van der Waals surface area contributed by atoms with Crippen molar-refractivity contribution < 1.29 is 14.0 Å². The van der Waals surface area contributed by atoms with Crippen LogP contribution in [0.3, 0.4) is 0 Å². The second-order valence-corrected chi connectivity index (χ2v) is 4.90. The number of oxime groups is 1. The van der Waals surface area contributed by atoms with Gasteiger partial charge >= 0.3 is 5.97 Å². The molecule has 0 N–H and O–H groups in total. The normalized spacial score (nSPS) is 11.8. The molecule has 2 rings (SSSR count). The summed E-state index contributed by atoms with van der Waals surface area (Å²) >= 11 is 1.52. The zero-order chi connectivity index (χ0) is 14.4. The molecule has 20 heavy (non-hydrogen) atoms. The highest BCUT2D eigenvalue weighted by atomic mass is 32.1. The highest BCUT2D eigenvalue weighted by molar-refractivity contribution is 7.12. The molecule has 0 aliphatic heterocycles. The Labute approximate surface area is 120 Å². The van der Waals surface area contributed by atoms with Crippen LogP contribution < -0.4 is 0 Å². The van der Waals surface area contributed by atoms with Crippen LogP contribution in [0.25, 0.3) is 6.08 Å². The zero-order valence-corrected chi connectivity index (χ0v) is 11.6. The molecule has 0 amide bonds. The fraction of sp³-hybridized carbons (Fsp3) is 0.0667. The maximum absolute atomic E-state index is 12.7. The SMILES string of the molecule is C/C(=N\OC(=O)/C=C/c1ccc(F)cc1)c1cccs1. The van der Waals surface area contributed by atoms with E-state index in [-0.39, 0.29) is 5.82 Å². The van der Waals surface area contributed by atoms with Crippen LogP contribution in [0.5, 0.6) is 0 Å². The predicted molar refractivity (Wildman–Crippen MR) is 78.1 cm³/mol. The summed E-state index contributed by atoms with van der Waals surface area (Å²) in [7, 11) is 0. The number of hydrogen-bond donors (Lipinski definition) is 0. The Morgan fingerprint density at radius 2 is 2.05 bits per heavy atom. The van der Waals surface area contributed by atoms with Crippen LogP contribution in [-0.2, 0) is 9.63 Å². The Balaban J connectivity index is 1.92. The van der Waals surface area contributed by atoms with Gasteiger partial charge in [0.25, 0.3) is 0 Å². The van der Waals surface area contributed by atoms with Crippen LogP contribution >= 0.6 is 11.3 Å². The maximum atomic E-state index is 12.7. The van der Waals surface area contributed by atoms with E-state index in [9.17, 15) is 9.18 Å². The standard InChI is InChI=1S/C15H12FNO2S/c1-11(14-3-2-10-20-14)17-19-15(18)9-6-12-4-7-13(16)8-5-12/h2-10H,1H3/b9-6+,17-11+. The summed E-state index contributed by atoms with van der Waals surface area (Å²) in [6.45, 7) is 1.77. The van der Waals surface area contributed by atoms with Crippen molar-refractivity contribution in [2.75, 3.05) is 0 Å². The molecule has 0 atom stereocenters. The Morgan fingerprint density at radius 1 is 1.30 bits per heavy atom. The number of halogens is 1. The van der Waals surface area contributed by atoms with Crippen molar-refractivity contribution in [1.82, 2.24) is 0 Å². The molecule has 5 heteroatoms. The number of carbonyl (C=O) groups excluding carboxylic acids is 1. The van der Waals surface area contributed by atoms with Crippen molar-refractivity contribution in [3.8, 4) is 0 Å². The molecule has 0 aliphatic carbocycles. The minimum Gasteiger partial charge on any atom is -0.313 e. The fourth-order valence-electron chi connectivity index (χ4n) is 1.41. The summed E-state index contributed by atoms with van der Waals surface area (Å²) < 4.78 is 12.7. The second kappa shape index (κ2) is 6.77. The first-order valence-electron chi connectivity index (χ1n) is 5.88. The number of nitrogens with zero attached hydrogens (tertiary/aromatic N) is 1. The van der Waals surface area contributed by atoms with Gasteiger partial charge in [-0.2, -0.15) is 0 Å². The second-order valence-electron chi connectivity index (χ2n) is 3.95. The minimum absolute atomic E-state index is 0.319. The van der Waals surface area contributed by atoms with Gasteiger partial charge < -0.3 is 4.84 Å². The molecular weight excluding hydrogens is 277 g/mol. The van der Waals surface area contributed by atoms with Gasteiger partial charge in [-0.25, -0.2) is 9.18 Å². The smallest absolute Gasteiger partial charge is 0.313 e. The molecule has 0 aliphatic rings. The Bertz CT molecular complexity index is 630. The number of hydrogen-bond acceptors (Lipinski definition) is 4. The monoisotopic (exact) mass is 289 g/mol. The van der Waals surface area contributed by atoms with E-state index in [4.69, 9.17) is 4.84 Å². The highest BCUT2D eigenvalue weighted by Crippen LogP contribution is 2.10. The predicted octanol–water partition coefficient (Wildman–Crippen LogP) is 3.87. The van der Waals surface area contributed by atoms with Crippen LogP contribution in [-0.4, -0.2) is 11.7 Å². The van der Waals surface area contributed by atoms with Crippen molar-refractivity contribution in [3.63, 3.8) is 0 Å². The summed E-state index contributed by atoms with van der Waals surface area (Å²) in [6.07, 6.45) is 2.79. The molecule has 1 aromatic heterocycles. The molecule has 102 valence electrons. The van der Waals surface area contributed by atoms with Gasteiger partial charge in [-0.05, 0) is 42.1 Å². The summed E-state index contributed by atoms with van der Waals surface area (Å²) in [4.78, 5) is 17.2. The first-order chi connectivity index (χ1) is 9.65. The molecule has 0 saturated heterocycles. The van der Waals surface area contributed by atoms with Gasteiger partial charge in [0.15, 0.2) is 0 Å². The molecule has 0 radical (unpaired) electrons. The van der Waals surface area contributed by atoms with Gasteiger partial charge in [0.2, 0.25) is 0 Å². The van der Waals surface area contributed by atoms with Gasteiger partial charge in [0.05, 0.1) is 10.6 Å². The van der Waals surface area contributed by atoms with Gasteiger partial charge in [-0.1, -0.05) is 23.4 Å². The lowest BCUT2D eigenvalue weighted by molar-refractivity contribution is -0.137. The molecule has 1 heterocycles. The third-order valence-corrected chi connectivity index (χ3v) is 3.41. The van der Waals surface area contributed by atoms with Crippen molar-refractivity contribution in [1.29, 1.82) is 0 Å². The van der Waals surface area contributed by atoms with Crippen LogP contribution in [0.2, 0.25) is 0 Å². The minimum atomic E-state index is -0.578. The van der Waals surface area contributed by atoms with Crippen molar-refractivity contribution in [2.24, 2.45) is 5.16 Å². The molecule has 0 bridgehead atoms. The number of rotatable bonds is 4. The number of benzene rings is 1. The van der Waals surface area contributed by atoms with Crippen molar-refractivity contribution in [3.05, 3.63) is 64.1 Å². The molecule has 0 spiro atoms. The van der Waals surface area contributed by atoms with Crippen molar-refractivity contribution in [2.45, 2.75) is 6.92 Å². The molecule has 0 saturated carbocycles. The number of carbonyl (C=O) groups is 1. The molecular formula is C15H12FNO2S. The van der Waals surface area contributed by atoms with E-state index in [1.807, 2.05) is 17.5 Å². The Morgan fingerprint density at radius 3 is 2.70 bits per heavy atom. The zero-order valence-electron chi connectivity index (χ0n) is 10.7. The topological polar surface area (TPSA) is 38.7 Å². The molecule has 0 unspecified atom stereocenters. The lowest BCUT2D eigenvalue weighted by atomic mass is 10.2. The van der Waals surface area contributed by atoms with Gasteiger partial charge in [0, 0.05) is 6.08 Å². The summed E-state index contributed by atoms with van der Waals surface area (Å²) in [5.41, 5.74) is 1.35. The van der Waals surface area contributed by atoms with E-state index in [1.54, 1.807) is 19.1 Å². The molecule has 0 fully saturated rings. The largest absolute Gasteiger partial charge is 0.358 e. The van der Waals surface area contributed by atoms with Crippen molar-refractivity contribution >= 4 is 29.1 Å². The summed E-state index contributed by atoms with van der Waals surface area (Å²) in [5, 5.41) is 5.68. The van der Waals surface area contributed by atoms with E-state index >= 15 is 0 Å². The first kappa shape index (κ1) is 14.1. The molecule has 1 aromatic carbocycles. The lowest BCUT2D eigenvalue weighted by Crippen LogP contribution is -1.98. The number of thiophene rings is 1. The van der Waals surface area contributed by atoms with Gasteiger partial charge in [-0.15, -0.1) is 11.3 Å².